The van der Waals surface area contributed by atoms with E-state index in [1.807, 2.05) is 18.2 Å². The van der Waals surface area contributed by atoms with Crippen molar-refractivity contribution in [2.45, 2.75) is 12.7 Å². The summed E-state index contributed by atoms with van der Waals surface area (Å²) in [4.78, 5) is 22.5. The fourth-order valence-electron chi connectivity index (χ4n) is 3.37. The van der Waals surface area contributed by atoms with E-state index in [1.54, 1.807) is 12.4 Å². The Kier molecular flexibility index (Phi) is 4.48. The van der Waals surface area contributed by atoms with Gasteiger partial charge in [-0.05, 0) is 23.8 Å². The molecule has 5 rings (SSSR count). The van der Waals surface area contributed by atoms with Crippen molar-refractivity contribution in [1.29, 1.82) is 5.26 Å². The molecule has 0 aromatic carbocycles. The molecule has 5 aromatic rings. The van der Waals surface area contributed by atoms with Crippen LogP contribution in [0.3, 0.4) is 0 Å². The molecule has 0 fully saturated rings. The molecule has 0 bridgehead atoms. The molecule has 32 heavy (non-hydrogen) atoms. The van der Waals surface area contributed by atoms with E-state index in [1.165, 1.54) is 12.4 Å². The maximum Gasteiger partial charge on any atom is 0.417 e. The molecule has 0 radical (unpaired) electrons. The van der Waals surface area contributed by atoms with Gasteiger partial charge in [0.2, 0.25) is 5.95 Å². The van der Waals surface area contributed by atoms with E-state index in [4.69, 9.17) is 0 Å². The summed E-state index contributed by atoms with van der Waals surface area (Å²) in [5.41, 5.74) is 1.70. The molecule has 0 aliphatic rings. The number of aromatic amines is 2. The minimum atomic E-state index is -4.54. The van der Waals surface area contributed by atoms with Crippen LogP contribution < -0.4 is 5.32 Å². The monoisotopic (exact) mass is 434 g/mol. The Balaban J connectivity index is 1.50. The normalized spacial score (nSPS) is 11.7. The maximum atomic E-state index is 13.2. The van der Waals surface area contributed by atoms with Crippen molar-refractivity contribution in [3.8, 4) is 17.3 Å². The van der Waals surface area contributed by atoms with Crippen LogP contribution in [0.5, 0.6) is 0 Å². The number of fused-ring (bicyclic) bond motifs is 2. The Bertz CT molecular complexity index is 1490. The molecule has 11 heteroatoms. The average Bonchev–Trinajstić information content (AvgIpc) is 3.42. The van der Waals surface area contributed by atoms with Gasteiger partial charge in [0.1, 0.15) is 17.4 Å². The molecule has 0 atom stereocenters. The van der Waals surface area contributed by atoms with E-state index in [0.717, 1.165) is 28.9 Å². The van der Waals surface area contributed by atoms with Crippen LogP contribution in [0.2, 0.25) is 0 Å². The maximum absolute atomic E-state index is 13.2. The van der Waals surface area contributed by atoms with Crippen LogP contribution in [0.4, 0.5) is 19.1 Å². The molecule has 5 heterocycles. The number of H-pyrrole nitrogens is 2. The van der Waals surface area contributed by atoms with E-state index in [-0.39, 0.29) is 28.2 Å². The van der Waals surface area contributed by atoms with Gasteiger partial charge in [0.15, 0.2) is 0 Å². The fraction of sp³-hybridized carbons (Fsp3) is 0.0952. The number of pyridine rings is 2. The molecule has 0 unspecified atom stereocenters. The summed E-state index contributed by atoms with van der Waals surface area (Å²) in [5.74, 6) is 0.224. The van der Waals surface area contributed by atoms with Gasteiger partial charge in [0.05, 0.1) is 23.0 Å². The number of nitrogens with zero attached hydrogens (tertiary/aromatic N) is 5. The second kappa shape index (κ2) is 7.35. The summed E-state index contributed by atoms with van der Waals surface area (Å²) in [6.45, 7) is 0.368. The minimum Gasteiger partial charge on any atom is -0.350 e. The highest BCUT2D eigenvalue weighted by atomic mass is 19.4. The molecule has 158 valence electrons. The lowest BCUT2D eigenvalue weighted by molar-refractivity contribution is -0.137. The summed E-state index contributed by atoms with van der Waals surface area (Å²) < 4.78 is 39.5. The van der Waals surface area contributed by atoms with Crippen molar-refractivity contribution >= 4 is 28.0 Å². The van der Waals surface area contributed by atoms with Gasteiger partial charge in [-0.3, -0.25) is 0 Å². The second-order valence-corrected chi connectivity index (χ2v) is 7.00. The minimum absolute atomic E-state index is 0.129. The molecule has 0 saturated carbocycles. The Hall–Kier alpha value is -4.46. The van der Waals surface area contributed by atoms with Crippen LogP contribution in [0.25, 0.3) is 33.3 Å². The number of rotatable bonds is 4. The quantitative estimate of drug-likeness (QED) is 0.386. The smallest absolute Gasteiger partial charge is 0.350 e. The summed E-state index contributed by atoms with van der Waals surface area (Å²) in [7, 11) is 0. The summed E-state index contributed by atoms with van der Waals surface area (Å²) in [6.07, 6.45) is 2.54. The number of nitriles is 1. The average molecular weight is 434 g/mol. The highest BCUT2D eigenvalue weighted by molar-refractivity contribution is 5.94. The van der Waals surface area contributed by atoms with Crippen molar-refractivity contribution < 1.29 is 13.2 Å². The molecule has 0 amide bonds. The fourth-order valence-corrected chi connectivity index (χ4v) is 3.37. The van der Waals surface area contributed by atoms with Crippen LogP contribution >= 0.6 is 0 Å². The van der Waals surface area contributed by atoms with Gasteiger partial charge in [-0.2, -0.15) is 18.4 Å². The van der Waals surface area contributed by atoms with Gasteiger partial charge >= 0.3 is 6.18 Å². The molecule has 0 aliphatic carbocycles. The van der Waals surface area contributed by atoms with E-state index < -0.39 is 11.7 Å². The SMILES string of the molecule is N#Cc1cnc(NCc2cnc3[nH]ccc3c2)nc1-c1c[nH]c2ncc(C(F)(F)F)cc12. The molecular formula is C21H13F3N8. The predicted octanol–water partition coefficient (Wildman–Crippen LogP) is 4.40. The Morgan fingerprint density at radius 1 is 1.03 bits per heavy atom. The number of aromatic nitrogens is 6. The van der Waals surface area contributed by atoms with Crippen molar-refractivity contribution in [2.75, 3.05) is 5.32 Å². The largest absolute Gasteiger partial charge is 0.417 e. The lowest BCUT2D eigenvalue weighted by Crippen LogP contribution is -2.06. The Labute approximate surface area is 178 Å². The highest BCUT2D eigenvalue weighted by Gasteiger charge is 2.31. The molecule has 0 aliphatic heterocycles. The third kappa shape index (κ3) is 3.47. The zero-order valence-corrected chi connectivity index (χ0v) is 16.2. The van der Waals surface area contributed by atoms with E-state index in [9.17, 15) is 18.4 Å². The van der Waals surface area contributed by atoms with Gasteiger partial charge in [-0.25, -0.2) is 19.9 Å². The van der Waals surface area contributed by atoms with Gasteiger partial charge < -0.3 is 15.3 Å². The first-order valence-corrected chi connectivity index (χ1v) is 9.40. The third-order valence-electron chi connectivity index (χ3n) is 4.93. The standard InChI is InChI=1S/C21H13F3N8/c22-21(23,24)14-4-15-16(10-29-19(15)28-9-14)17-13(5-25)8-31-20(32-17)30-7-11-3-12-1-2-26-18(12)27-6-11/h1-4,6,8-10H,7H2,(H,26,27)(H,28,29)(H,30,31,32). The second-order valence-electron chi connectivity index (χ2n) is 7.00. The molecule has 8 nitrogen and oxygen atoms in total. The number of alkyl halides is 3. The highest BCUT2D eigenvalue weighted by Crippen LogP contribution is 2.34. The van der Waals surface area contributed by atoms with Gasteiger partial charge in [0, 0.05) is 47.7 Å². The Morgan fingerprint density at radius 2 is 1.88 bits per heavy atom. The summed E-state index contributed by atoms with van der Waals surface area (Å²) in [6, 6.07) is 6.84. The van der Waals surface area contributed by atoms with Gasteiger partial charge in [-0.1, -0.05) is 0 Å². The molecule has 3 N–H and O–H groups in total. The summed E-state index contributed by atoms with van der Waals surface area (Å²) in [5, 5.41) is 13.7. The van der Waals surface area contributed by atoms with Crippen LogP contribution in [0.1, 0.15) is 16.7 Å². The van der Waals surface area contributed by atoms with Crippen LogP contribution in [0.15, 0.2) is 49.2 Å². The molecule has 5 aromatic heterocycles. The molecule has 0 spiro atoms. The number of hydrogen-bond donors (Lipinski definition) is 3. The first-order chi connectivity index (χ1) is 15.4. The lowest BCUT2D eigenvalue weighted by Gasteiger charge is -2.09. The van der Waals surface area contributed by atoms with Crippen molar-refractivity contribution in [2.24, 2.45) is 0 Å². The lowest BCUT2D eigenvalue weighted by atomic mass is 10.1. The predicted molar refractivity (Wildman–Crippen MR) is 110 cm³/mol. The number of hydrogen-bond acceptors (Lipinski definition) is 6. The zero-order valence-electron chi connectivity index (χ0n) is 16.2. The van der Waals surface area contributed by atoms with E-state index in [0.29, 0.717) is 12.1 Å². The van der Waals surface area contributed by atoms with Gasteiger partial charge in [0.25, 0.3) is 0 Å². The Morgan fingerprint density at radius 3 is 2.69 bits per heavy atom. The van der Waals surface area contributed by atoms with E-state index >= 15 is 0 Å². The van der Waals surface area contributed by atoms with Crippen LogP contribution in [-0.4, -0.2) is 29.9 Å². The van der Waals surface area contributed by atoms with Crippen molar-refractivity contribution in [3.63, 3.8) is 0 Å². The van der Waals surface area contributed by atoms with Crippen molar-refractivity contribution in [3.05, 3.63) is 65.9 Å². The first-order valence-electron chi connectivity index (χ1n) is 9.40. The van der Waals surface area contributed by atoms with Crippen LogP contribution in [-0.2, 0) is 12.7 Å². The first kappa shape index (κ1) is 19.5. The van der Waals surface area contributed by atoms with Gasteiger partial charge in [-0.15, -0.1) is 0 Å². The number of nitrogens with one attached hydrogen (secondary N) is 3. The summed E-state index contributed by atoms with van der Waals surface area (Å²) >= 11 is 0. The number of halogens is 3. The van der Waals surface area contributed by atoms with E-state index in [2.05, 4.69) is 35.2 Å². The topological polar surface area (TPSA) is 119 Å². The third-order valence-corrected chi connectivity index (χ3v) is 4.93. The zero-order chi connectivity index (χ0) is 22.3. The number of anilines is 1. The molecular weight excluding hydrogens is 421 g/mol. The van der Waals surface area contributed by atoms with Crippen LogP contribution in [0, 0.1) is 11.3 Å². The van der Waals surface area contributed by atoms with Crippen molar-refractivity contribution in [1.82, 2.24) is 29.9 Å². The molecule has 0 saturated heterocycles.